The highest BCUT2D eigenvalue weighted by atomic mass is 79.9. The van der Waals surface area contributed by atoms with Crippen molar-refractivity contribution in [3.63, 3.8) is 0 Å². The Bertz CT molecular complexity index is 343. The molecule has 1 rings (SSSR count). The van der Waals surface area contributed by atoms with Gasteiger partial charge in [0.05, 0.1) is 6.61 Å². The van der Waals surface area contributed by atoms with E-state index in [0.717, 1.165) is 26.1 Å². The predicted molar refractivity (Wildman–Crippen MR) is 85.6 cm³/mol. The lowest BCUT2D eigenvalue weighted by atomic mass is 9.94. The van der Waals surface area contributed by atoms with Crippen LogP contribution in [0.2, 0.25) is 0 Å². The van der Waals surface area contributed by atoms with Crippen LogP contribution in [-0.2, 0) is 11.2 Å². The number of hydrogen-bond acceptors (Lipinski definition) is 2. The molecule has 0 aliphatic rings. The van der Waals surface area contributed by atoms with Crippen LogP contribution in [0.15, 0.2) is 28.7 Å². The van der Waals surface area contributed by atoms with Crippen molar-refractivity contribution in [3.8, 4) is 0 Å². The van der Waals surface area contributed by atoms with Crippen molar-refractivity contribution in [2.24, 2.45) is 5.92 Å². The minimum atomic E-state index is 0.704. The summed E-state index contributed by atoms with van der Waals surface area (Å²) in [6, 6.07) is 8.55. The van der Waals surface area contributed by atoms with Crippen LogP contribution in [0.1, 0.15) is 31.7 Å². The molecule has 2 nitrogen and oxygen atoms in total. The van der Waals surface area contributed by atoms with Gasteiger partial charge in [0.1, 0.15) is 0 Å². The predicted octanol–water partition coefficient (Wildman–Crippen LogP) is 4.03. The fourth-order valence-electron chi connectivity index (χ4n) is 2.22. The van der Waals surface area contributed by atoms with E-state index >= 15 is 0 Å². The second kappa shape index (κ2) is 10.4. The molecule has 0 amide bonds. The van der Waals surface area contributed by atoms with Crippen molar-refractivity contribution in [2.75, 3.05) is 26.8 Å². The standard InChI is InChI=1S/C16H26BrNO/c1-3-4-7-14(13-18-10-11-19-2)12-15-8-5-6-9-16(15)17/h5-6,8-9,14,18H,3-4,7,10-13H2,1-2H3. The molecule has 0 aliphatic carbocycles. The van der Waals surface area contributed by atoms with E-state index in [0.29, 0.717) is 5.92 Å². The Labute approximate surface area is 126 Å². The summed E-state index contributed by atoms with van der Waals surface area (Å²) in [6.07, 6.45) is 5.00. The van der Waals surface area contributed by atoms with Gasteiger partial charge < -0.3 is 10.1 Å². The van der Waals surface area contributed by atoms with E-state index in [2.05, 4.69) is 52.4 Å². The molecular formula is C16H26BrNO. The molecule has 19 heavy (non-hydrogen) atoms. The highest BCUT2D eigenvalue weighted by molar-refractivity contribution is 9.10. The van der Waals surface area contributed by atoms with E-state index in [-0.39, 0.29) is 0 Å². The van der Waals surface area contributed by atoms with Gasteiger partial charge in [-0.3, -0.25) is 0 Å². The molecule has 1 aromatic carbocycles. The van der Waals surface area contributed by atoms with Crippen LogP contribution >= 0.6 is 15.9 Å². The molecule has 0 saturated heterocycles. The fraction of sp³-hybridized carbons (Fsp3) is 0.625. The van der Waals surface area contributed by atoms with Crippen LogP contribution in [0.4, 0.5) is 0 Å². The number of methoxy groups -OCH3 is 1. The zero-order valence-corrected chi connectivity index (χ0v) is 13.7. The van der Waals surface area contributed by atoms with E-state index in [4.69, 9.17) is 4.74 Å². The summed E-state index contributed by atoms with van der Waals surface area (Å²) in [6.45, 7) is 5.06. The van der Waals surface area contributed by atoms with Gasteiger partial charge in [-0.25, -0.2) is 0 Å². The molecule has 1 unspecified atom stereocenters. The van der Waals surface area contributed by atoms with Gasteiger partial charge in [0, 0.05) is 18.1 Å². The van der Waals surface area contributed by atoms with Crippen LogP contribution in [0, 0.1) is 5.92 Å². The van der Waals surface area contributed by atoms with Crippen LogP contribution in [0.5, 0.6) is 0 Å². The number of rotatable bonds is 10. The van der Waals surface area contributed by atoms with Crippen LogP contribution < -0.4 is 5.32 Å². The summed E-state index contributed by atoms with van der Waals surface area (Å²) in [5.74, 6) is 0.704. The summed E-state index contributed by atoms with van der Waals surface area (Å²) < 4.78 is 6.30. The number of ether oxygens (including phenoxy) is 1. The highest BCUT2D eigenvalue weighted by Crippen LogP contribution is 2.21. The lowest BCUT2D eigenvalue weighted by Crippen LogP contribution is -2.27. The Morgan fingerprint density at radius 2 is 2.11 bits per heavy atom. The number of hydrogen-bond donors (Lipinski definition) is 1. The highest BCUT2D eigenvalue weighted by Gasteiger charge is 2.10. The molecule has 1 N–H and O–H groups in total. The molecule has 0 aromatic heterocycles. The molecule has 0 spiro atoms. The van der Waals surface area contributed by atoms with E-state index in [9.17, 15) is 0 Å². The average molecular weight is 328 g/mol. The molecule has 0 heterocycles. The van der Waals surface area contributed by atoms with Crippen molar-refractivity contribution in [1.29, 1.82) is 0 Å². The van der Waals surface area contributed by atoms with Gasteiger partial charge >= 0.3 is 0 Å². The van der Waals surface area contributed by atoms with E-state index in [1.54, 1.807) is 7.11 Å². The quantitative estimate of drug-likeness (QED) is 0.655. The SMILES string of the molecule is CCCCC(CNCCOC)Cc1ccccc1Br. The number of nitrogens with one attached hydrogen (secondary N) is 1. The smallest absolute Gasteiger partial charge is 0.0587 e. The van der Waals surface area contributed by atoms with Crippen molar-refractivity contribution in [3.05, 3.63) is 34.3 Å². The number of halogens is 1. The maximum atomic E-state index is 5.07. The summed E-state index contributed by atoms with van der Waals surface area (Å²) in [5.41, 5.74) is 1.41. The maximum Gasteiger partial charge on any atom is 0.0587 e. The average Bonchev–Trinajstić information content (AvgIpc) is 2.43. The van der Waals surface area contributed by atoms with Crippen molar-refractivity contribution in [1.82, 2.24) is 5.32 Å². The Balaban J connectivity index is 2.46. The van der Waals surface area contributed by atoms with Gasteiger partial charge in [-0.2, -0.15) is 0 Å². The zero-order valence-electron chi connectivity index (χ0n) is 12.1. The van der Waals surface area contributed by atoms with Crippen molar-refractivity contribution < 1.29 is 4.74 Å². The first-order valence-electron chi connectivity index (χ1n) is 7.21. The van der Waals surface area contributed by atoms with E-state index in [1.165, 1.54) is 29.3 Å². The molecular weight excluding hydrogens is 302 g/mol. The summed E-state index contributed by atoms with van der Waals surface area (Å²) in [4.78, 5) is 0. The molecule has 0 saturated carbocycles. The van der Waals surface area contributed by atoms with Gasteiger partial charge in [0.2, 0.25) is 0 Å². The summed E-state index contributed by atoms with van der Waals surface area (Å²) in [5, 5.41) is 3.49. The Hall–Kier alpha value is -0.380. The Morgan fingerprint density at radius 1 is 1.32 bits per heavy atom. The third kappa shape index (κ3) is 7.09. The Morgan fingerprint density at radius 3 is 2.79 bits per heavy atom. The molecule has 3 heteroatoms. The minimum absolute atomic E-state index is 0.704. The first kappa shape index (κ1) is 16.7. The molecule has 0 fully saturated rings. The first-order chi connectivity index (χ1) is 9.27. The minimum Gasteiger partial charge on any atom is -0.383 e. The molecule has 0 radical (unpaired) electrons. The lowest BCUT2D eigenvalue weighted by molar-refractivity contribution is 0.197. The first-order valence-corrected chi connectivity index (χ1v) is 8.00. The van der Waals surface area contributed by atoms with E-state index < -0.39 is 0 Å². The van der Waals surface area contributed by atoms with Gasteiger partial charge in [0.25, 0.3) is 0 Å². The van der Waals surface area contributed by atoms with Crippen LogP contribution in [0.25, 0.3) is 0 Å². The zero-order chi connectivity index (χ0) is 13.9. The van der Waals surface area contributed by atoms with Gasteiger partial charge in [-0.05, 0) is 36.9 Å². The monoisotopic (exact) mass is 327 g/mol. The number of benzene rings is 1. The van der Waals surface area contributed by atoms with Gasteiger partial charge in [-0.15, -0.1) is 0 Å². The third-order valence-corrected chi connectivity index (χ3v) is 4.12. The van der Waals surface area contributed by atoms with E-state index in [1.807, 2.05) is 0 Å². The Kier molecular flexibility index (Phi) is 9.14. The second-order valence-corrected chi connectivity index (χ2v) is 5.86. The van der Waals surface area contributed by atoms with Crippen molar-refractivity contribution in [2.45, 2.75) is 32.6 Å². The topological polar surface area (TPSA) is 21.3 Å². The van der Waals surface area contributed by atoms with Crippen molar-refractivity contribution >= 4 is 15.9 Å². The molecule has 0 aliphatic heterocycles. The van der Waals surface area contributed by atoms with Crippen LogP contribution in [-0.4, -0.2) is 26.8 Å². The molecule has 0 bridgehead atoms. The van der Waals surface area contributed by atoms with Crippen LogP contribution in [0.3, 0.4) is 0 Å². The molecule has 1 atom stereocenters. The second-order valence-electron chi connectivity index (χ2n) is 5.00. The number of unbranched alkanes of at least 4 members (excludes halogenated alkanes) is 1. The molecule has 108 valence electrons. The summed E-state index contributed by atoms with van der Waals surface area (Å²) >= 11 is 3.65. The normalized spacial score (nSPS) is 12.6. The third-order valence-electron chi connectivity index (χ3n) is 3.35. The lowest BCUT2D eigenvalue weighted by Gasteiger charge is -2.18. The van der Waals surface area contributed by atoms with Gasteiger partial charge in [0.15, 0.2) is 0 Å². The molecule has 1 aromatic rings. The fourth-order valence-corrected chi connectivity index (χ4v) is 2.67. The van der Waals surface area contributed by atoms with Gasteiger partial charge in [-0.1, -0.05) is 53.9 Å². The summed E-state index contributed by atoms with van der Waals surface area (Å²) in [7, 11) is 1.75. The largest absolute Gasteiger partial charge is 0.383 e. The maximum absolute atomic E-state index is 5.07.